The zero-order valence-electron chi connectivity index (χ0n) is 20.6. The average Bonchev–Trinajstić information content (AvgIpc) is 2.90. The van der Waals surface area contributed by atoms with E-state index in [4.69, 9.17) is 18.6 Å². The van der Waals surface area contributed by atoms with E-state index < -0.39 is 11.5 Å². The van der Waals surface area contributed by atoms with Crippen molar-refractivity contribution >= 4 is 22.6 Å². The van der Waals surface area contributed by atoms with E-state index in [0.29, 0.717) is 46.9 Å². The van der Waals surface area contributed by atoms with Gasteiger partial charge in [0.05, 0.1) is 14.2 Å². The van der Waals surface area contributed by atoms with E-state index in [9.17, 15) is 9.59 Å². The Bertz CT molecular complexity index is 1460. The number of anilines is 1. The quantitative estimate of drug-likeness (QED) is 0.262. The fraction of sp³-hybridized carbons (Fsp3) is 0.214. The lowest BCUT2D eigenvalue weighted by molar-refractivity contribution is 0.102. The van der Waals surface area contributed by atoms with Crippen LogP contribution in [-0.2, 0) is 0 Å². The summed E-state index contributed by atoms with van der Waals surface area (Å²) in [4.78, 5) is 25.8. The maximum Gasteiger partial charge on any atom is 0.360 e. The molecule has 0 aliphatic carbocycles. The number of benzene rings is 3. The molecule has 0 atom stereocenters. The third-order valence-corrected chi connectivity index (χ3v) is 5.80. The van der Waals surface area contributed by atoms with Gasteiger partial charge >= 0.3 is 5.63 Å². The van der Waals surface area contributed by atoms with Crippen LogP contribution in [-0.4, -0.2) is 40.3 Å². The maximum absolute atomic E-state index is 13.1. The first-order chi connectivity index (χ1) is 17.4. The molecule has 1 amide bonds. The Balaban J connectivity index is 1.63. The van der Waals surface area contributed by atoms with Crippen LogP contribution < -0.4 is 30.5 Å². The molecule has 0 saturated heterocycles. The van der Waals surface area contributed by atoms with Gasteiger partial charge in [0.2, 0.25) is 0 Å². The van der Waals surface area contributed by atoms with Crippen molar-refractivity contribution in [2.24, 2.45) is 0 Å². The van der Waals surface area contributed by atoms with Crippen LogP contribution in [0.1, 0.15) is 15.9 Å². The van der Waals surface area contributed by atoms with Crippen molar-refractivity contribution in [3.05, 3.63) is 82.2 Å². The summed E-state index contributed by atoms with van der Waals surface area (Å²) in [5, 5.41) is 6.37. The fourth-order valence-electron chi connectivity index (χ4n) is 3.87. The van der Waals surface area contributed by atoms with Crippen LogP contribution in [0.2, 0.25) is 0 Å². The molecular formula is C28H28N2O6. The van der Waals surface area contributed by atoms with Crippen molar-refractivity contribution < 1.29 is 23.4 Å². The van der Waals surface area contributed by atoms with Gasteiger partial charge in [0.1, 0.15) is 35.1 Å². The van der Waals surface area contributed by atoms with E-state index in [1.807, 2.05) is 44.3 Å². The first kappa shape index (κ1) is 24.8. The van der Waals surface area contributed by atoms with Crippen LogP contribution in [0.4, 0.5) is 5.69 Å². The molecule has 0 unspecified atom stereocenters. The molecule has 0 bridgehead atoms. The highest BCUT2D eigenvalue weighted by atomic mass is 16.5. The monoisotopic (exact) mass is 488 g/mol. The first-order valence-electron chi connectivity index (χ1n) is 11.4. The number of fused-ring (bicyclic) bond motifs is 1. The molecule has 0 fully saturated rings. The Labute approximate surface area is 208 Å². The summed E-state index contributed by atoms with van der Waals surface area (Å²) in [6.07, 6.45) is 0. The van der Waals surface area contributed by atoms with Crippen molar-refractivity contribution in [1.82, 2.24) is 5.32 Å². The Morgan fingerprint density at radius 2 is 1.78 bits per heavy atom. The number of carbonyl (C=O) groups is 1. The normalized spacial score (nSPS) is 10.8. The van der Waals surface area contributed by atoms with Gasteiger partial charge in [0.25, 0.3) is 5.91 Å². The SMILES string of the molecule is CNCCOc1ccc2cc(NC(=O)c3ccc(OC)c(-c4cccc(OC)c4)c3)c(=O)oc2c1C. The van der Waals surface area contributed by atoms with E-state index in [2.05, 4.69) is 10.6 Å². The number of hydrogen-bond donors (Lipinski definition) is 2. The average molecular weight is 489 g/mol. The molecule has 8 nitrogen and oxygen atoms in total. The second-order valence-electron chi connectivity index (χ2n) is 8.11. The standard InChI is InChI=1S/C28H28N2O6/c1-17-24(35-13-12-29-2)10-8-19-16-23(28(32)36-26(17)19)30-27(31)20-9-11-25(34-4)22(15-20)18-6-5-7-21(14-18)33-3/h5-11,14-16,29H,12-13H2,1-4H3,(H,30,31). The smallest absolute Gasteiger partial charge is 0.360 e. The van der Waals surface area contributed by atoms with E-state index >= 15 is 0 Å². The highest BCUT2D eigenvalue weighted by Crippen LogP contribution is 2.33. The van der Waals surface area contributed by atoms with Gasteiger partial charge in [0, 0.05) is 28.6 Å². The summed E-state index contributed by atoms with van der Waals surface area (Å²) in [5.74, 6) is 1.48. The fourth-order valence-corrected chi connectivity index (χ4v) is 3.87. The lowest BCUT2D eigenvalue weighted by Gasteiger charge is -2.13. The molecule has 2 N–H and O–H groups in total. The van der Waals surface area contributed by atoms with Gasteiger partial charge in [0.15, 0.2) is 0 Å². The Morgan fingerprint density at radius 1 is 0.972 bits per heavy atom. The molecule has 0 aliphatic heterocycles. The van der Waals surface area contributed by atoms with Crippen molar-refractivity contribution in [3.8, 4) is 28.4 Å². The highest BCUT2D eigenvalue weighted by molar-refractivity contribution is 6.05. The van der Waals surface area contributed by atoms with E-state index in [0.717, 1.165) is 16.7 Å². The lowest BCUT2D eigenvalue weighted by atomic mass is 10.0. The third kappa shape index (κ3) is 5.18. The van der Waals surface area contributed by atoms with Crippen LogP contribution in [0.15, 0.2) is 69.9 Å². The Morgan fingerprint density at radius 3 is 2.53 bits per heavy atom. The van der Waals surface area contributed by atoms with Gasteiger partial charge in [-0.05, 0) is 68.1 Å². The number of nitrogens with one attached hydrogen (secondary N) is 2. The number of hydrogen-bond acceptors (Lipinski definition) is 7. The van der Waals surface area contributed by atoms with Gasteiger partial charge < -0.3 is 29.3 Å². The summed E-state index contributed by atoms with van der Waals surface area (Å²) < 4.78 is 22.1. The molecule has 0 spiro atoms. The molecular weight excluding hydrogens is 460 g/mol. The highest BCUT2D eigenvalue weighted by Gasteiger charge is 2.16. The number of carbonyl (C=O) groups excluding carboxylic acids is 1. The summed E-state index contributed by atoms with van der Waals surface area (Å²) in [5.41, 5.74) is 2.45. The minimum atomic E-state index is -0.646. The van der Waals surface area contributed by atoms with Crippen LogP contribution in [0.3, 0.4) is 0 Å². The molecule has 1 heterocycles. The van der Waals surface area contributed by atoms with Gasteiger partial charge in [-0.2, -0.15) is 0 Å². The molecule has 4 rings (SSSR count). The summed E-state index contributed by atoms with van der Waals surface area (Å²) in [7, 11) is 5.00. The van der Waals surface area contributed by atoms with Gasteiger partial charge in [-0.25, -0.2) is 4.79 Å². The molecule has 0 radical (unpaired) electrons. The Kier molecular flexibility index (Phi) is 7.56. The number of likely N-dealkylation sites (N-methyl/N-ethyl adjacent to an activating group) is 1. The zero-order valence-corrected chi connectivity index (χ0v) is 20.6. The van der Waals surface area contributed by atoms with Crippen LogP contribution in [0.25, 0.3) is 22.1 Å². The molecule has 8 heteroatoms. The molecule has 36 heavy (non-hydrogen) atoms. The van der Waals surface area contributed by atoms with E-state index in [1.165, 1.54) is 0 Å². The molecule has 3 aromatic carbocycles. The predicted molar refractivity (Wildman–Crippen MR) is 140 cm³/mol. The van der Waals surface area contributed by atoms with Gasteiger partial charge in [-0.15, -0.1) is 0 Å². The van der Waals surface area contributed by atoms with Crippen molar-refractivity contribution in [1.29, 1.82) is 0 Å². The minimum Gasteiger partial charge on any atom is -0.497 e. The lowest BCUT2D eigenvalue weighted by Crippen LogP contribution is -2.18. The van der Waals surface area contributed by atoms with Crippen molar-refractivity contribution in [3.63, 3.8) is 0 Å². The molecule has 4 aromatic rings. The number of methoxy groups -OCH3 is 2. The van der Waals surface area contributed by atoms with E-state index in [1.54, 1.807) is 44.6 Å². The molecule has 0 saturated carbocycles. The van der Waals surface area contributed by atoms with Gasteiger partial charge in [-0.1, -0.05) is 12.1 Å². The second-order valence-corrected chi connectivity index (χ2v) is 8.11. The topological polar surface area (TPSA) is 99.0 Å². The van der Waals surface area contributed by atoms with Crippen molar-refractivity contribution in [2.45, 2.75) is 6.92 Å². The molecule has 1 aromatic heterocycles. The van der Waals surface area contributed by atoms with Crippen LogP contribution >= 0.6 is 0 Å². The number of rotatable bonds is 9. The van der Waals surface area contributed by atoms with Crippen LogP contribution in [0, 0.1) is 6.92 Å². The minimum absolute atomic E-state index is 0.0505. The summed E-state index contributed by atoms with van der Waals surface area (Å²) in [6.45, 7) is 3.01. The van der Waals surface area contributed by atoms with Crippen molar-refractivity contribution in [2.75, 3.05) is 39.7 Å². The number of aryl methyl sites for hydroxylation is 1. The maximum atomic E-state index is 13.1. The second kappa shape index (κ2) is 11.0. The largest absolute Gasteiger partial charge is 0.497 e. The first-order valence-corrected chi connectivity index (χ1v) is 11.4. The molecule has 0 aliphatic rings. The van der Waals surface area contributed by atoms with Crippen LogP contribution in [0.5, 0.6) is 17.2 Å². The molecule has 186 valence electrons. The van der Waals surface area contributed by atoms with E-state index in [-0.39, 0.29) is 5.69 Å². The summed E-state index contributed by atoms with van der Waals surface area (Å²) in [6, 6.07) is 17.7. The number of amides is 1. The third-order valence-electron chi connectivity index (χ3n) is 5.80. The number of ether oxygens (including phenoxy) is 3. The zero-order chi connectivity index (χ0) is 25.7. The summed E-state index contributed by atoms with van der Waals surface area (Å²) >= 11 is 0. The van der Waals surface area contributed by atoms with Gasteiger partial charge in [-0.3, -0.25) is 4.79 Å². The predicted octanol–water partition coefficient (Wildman–Crippen LogP) is 4.64. The Hall–Kier alpha value is -4.30.